The maximum Gasteiger partial charge on any atom is 0.248 e. The van der Waals surface area contributed by atoms with Crippen molar-refractivity contribution in [3.8, 4) is 17.1 Å². The maximum atomic E-state index is 12.3. The molecule has 0 aliphatic rings. The van der Waals surface area contributed by atoms with Gasteiger partial charge in [0.1, 0.15) is 11.6 Å². The average molecular weight is 426 g/mol. The molecule has 0 saturated carbocycles. The minimum atomic E-state index is -0.192. The van der Waals surface area contributed by atoms with Crippen molar-refractivity contribution in [1.82, 2.24) is 9.97 Å². The van der Waals surface area contributed by atoms with Crippen molar-refractivity contribution in [1.29, 1.82) is 0 Å². The minimum Gasteiger partial charge on any atom is -0.491 e. The lowest BCUT2D eigenvalue weighted by Gasteiger charge is -2.09. The van der Waals surface area contributed by atoms with Gasteiger partial charge in [0.05, 0.1) is 17.1 Å². The van der Waals surface area contributed by atoms with Crippen LogP contribution in [0.3, 0.4) is 0 Å². The monoisotopic (exact) mass is 425 g/mol. The zero-order valence-electron chi connectivity index (χ0n) is 18.8. The number of benzene rings is 3. The number of anilines is 1. The number of aryl methyl sites for hydroxylation is 2. The number of aromatic nitrogens is 2. The topological polar surface area (TPSA) is 67.0 Å². The molecule has 162 valence electrons. The van der Waals surface area contributed by atoms with Crippen LogP contribution in [0.25, 0.3) is 28.5 Å². The van der Waals surface area contributed by atoms with Crippen LogP contribution >= 0.6 is 0 Å². The molecule has 0 radical (unpaired) electrons. The molecule has 0 aliphatic carbocycles. The largest absolute Gasteiger partial charge is 0.491 e. The summed E-state index contributed by atoms with van der Waals surface area (Å²) in [6, 6.07) is 19.5. The number of imidazole rings is 1. The van der Waals surface area contributed by atoms with Gasteiger partial charge in [-0.15, -0.1) is 0 Å². The van der Waals surface area contributed by atoms with Gasteiger partial charge in [-0.25, -0.2) is 4.98 Å². The molecule has 0 spiro atoms. The summed E-state index contributed by atoms with van der Waals surface area (Å²) in [6.07, 6.45) is 3.40. The summed E-state index contributed by atoms with van der Waals surface area (Å²) in [6.45, 7) is 8.15. The molecule has 4 aromatic rings. The number of amides is 1. The van der Waals surface area contributed by atoms with Crippen LogP contribution in [0, 0.1) is 13.8 Å². The van der Waals surface area contributed by atoms with Crippen molar-refractivity contribution >= 4 is 28.7 Å². The van der Waals surface area contributed by atoms with Crippen molar-refractivity contribution in [3.05, 3.63) is 83.4 Å². The molecule has 0 atom stereocenters. The molecule has 0 saturated heterocycles. The molecule has 1 aromatic heterocycles. The summed E-state index contributed by atoms with van der Waals surface area (Å²) in [5.74, 6) is 1.41. The van der Waals surface area contributed by atoms with Gasteiger partial charge in [0.15, 0.2) is 0 Å². The predicted molar refractivity (Wildman–Crippen MR) is 131 cm³/mol. The molecule has 0 unspecified atom stereocenters. The Kier molecular flexibility index (Phi) is 6.08. The highest BCUT2D eigenvalue weighted by Crippen LogP contribution is 2.24. The third-order valence-corrected chi connectivity index (χ3v) is 5.18. The minimum absolute atomic E-state index is 0.105. The fraction of sp³-hybridized carbons (Fsp3) is 0.185. The van der Waals surface area contributed by atoms with E-state index in [0.717, 1.165) is 39.4 Å². The number of H-pyrrole nitrogens is 1. The molecule has 0 aliphatic heterocycles. The Labute approximate surface area is 188 Å². The Morgan fingerprint density at radius 1 is 1.03 bits per heavy atom. The fourth-order valence-corrected chi connectivity index (χ4v) is 3.44. The summed E-state index contributed by atoms with van der Waals surface area (Å²) in [7, 11) is 0. The lowest BCUT2D eigenvalue weighted by atomic mass is 10.1. The van der Waals surface area contributed by atoms with Crippen molar-refractivity contribution in [3.63, 3.8) is 0 Å². The van der Waals surface area contributed by atoms with Crippen molar-refractivity contribution in [2.45, 2.75) is 33.8 Å². The van der Waals surface area contributed by atoms with Crippen LogP contribution in [-0.4, -0.2) is 22.0 Å². The smallest absolute Gasteiger partial charge is 0.248 e. The standard InChI is InChI=1S/C27H27N3O2/c1-17(2)32-23-7-5-6-20(16-23)8-13-26(31)28-22-11-9-21(10-12-22)27-29-24-14-18(3)19(4)15-25(24)30-27/h5-17H,1-4H3,(H,28,31)(H,29,30)/b13-8+. The van der Waals surface area contributed by atoms with Crippen LogP contribution in [0.15, 0.2) is 66.7 Å². The van der Waals surface area contributed by atoms with E-state index < -0.39 is 0 Å². The second-order valence-electron chi connectivity index (χ2n) is 8.18. The quantitative estimate of drug-likeness (QED) is 0.357. The Hall–Kier alpha value is -3.86. The number of nitrogens with one attached hydrogen (secondary N) is 2. The zero-order chi connectivity index (χ0) is 22.7. The molecular formula is C27H27N3O2. The van der Waals surface area contributed by atoms with Crippen LogP contribution in [0.5, 0.6) is 5.75 Å². The van der Waals surface area contributed by atoms with Crippen molar-refractivity contribution in [2.75, 3.05) is 5.32 Å². The first-order valence-electron chi connectivity index (χ1n) is 10.7. The summed E-state index contributed by atoms with van der Waals surface area (Å²) in [5, 5.41) is 2.89. The second kappa shape index (κ2) is 9.10. The van der Waals surface area contributed by atoms with Crippen molar-refractivity contribution < 1.29 is 9.53 Å². The normalized spacial score (nSPS) is 11.4. The number of aromatic amines is 1. The Morgan fingerprint density at radius 2 is 1.78 bits per heavy atom. The van der Waals surface area contributed by atoms with Crippen LogP contribution in [-0.2, 0) is 4.79 Å². The van der Waals surface area contributed by atoms with E-state index in [-0.39, 0.29) is 12.0 Å². The van der Waals surface area contributed by atoms with Gasteiger partial charge in [-0.1, -0.05) is 12.1 Å². The van der Waals surface area contributed by atoms with E-state index in [0.29, 0.717) is 0 Å². The number of nitrogens with zero attached hydrogens (tertiary/aromatic N) is 1. The molecule has 0 bridgehead atoms. The van der Waals surface area contributed by atoms with E-state index in [2.05, 4.69) is 36.3 Å². The highest BCUT2D eigenvalue weighted by Gasteiger charge is 2.07. The first kappa shape index (κ1) is 21.4. The second-order valence-corrected chi connectivity index (χ2v) is 8.18. The Bertz CT molecular complexity index is 1250. The van der Waals surface area contributed by atoms with Crippen LogP contribution in [0.1, 0.15) is 30.5 Å². The van der Waals surface area contributed by atoms with Crippen LogP contribution in [0.2, 0.25) is 0 Å². The first-order valence-corrected chi connectivity index (χ1v) is 10.7. The number of ether oxygens (including phenoxy) is 1. The van der Waals surface area contributed by atoms with Gasteiger partial charge in [0.25, 0.3) is 0 Å². The number of fused-ring (bicyclic) bond motifs is 1. The van der Waals surface area contributed by atoms with E-state index in [1.165, 1.54) is 17.2 Å². The van der Waals surface area contributed by atoms with Gasteiger partial charge in [0.2, 0.25) is 5.91 Å². The fourth-order valence-electron chi connectivity index (χ4n) is 3.44. The molecule has 5 nitrogen and oxygen atoms in total. The lowest BCUT2D eigenvalue weighted by molar-refractivity contribution is -0.111. The number of carbonyl (C=O) groups is 1. The summed E-state index contributed by atoms with van der Waals surface area (Å²) >= 11 is 0. The molecule has 1 amide bonds. The number of hydrogen-bond donors (Lipinski definition) is 2. The SMILES string of the molecule is Cc1cc2nc(-c3ccc(NC(=O)/C=C/c4cccc(OC(C)C)c4)cc3)[nH]c2cc1C. The summed E-state index contributed by atoms with van der Waals surface area (Å²) in [4.78, 5) is 20.4. The molecule has 32 heavy (non-hydrogen) atoms. The molecule has 2 N–H and O–H groups in total. The molecule has 4 rings (SSSR count). The highest BCUT2D eigenvalue weighted by molar-refractivity contribution is 6.02. The molecule has 1 heterocycles. The van der Waals surface area contributed by atoms with E-state index in [1.54, 1.807) is 6.08 Å². The molecule has 5 heteroatoms. The number of carbonyl (C=O) groups excluding carboxylic acids is 1. The Morgan fingerprint density at radius 3 is 2.53 bits per heavy atom. The predicted octanol–water partition coefficient (Wildman–Crippen LogP) is 6.29. The Balaban J connectivity index is 1.42. The van der Waals surface area contributed by atoms with E-state index >= 15 is 0 Å². The van der Waals surface area contributed by atoms with Gasteiger partial charge in [-0.3, -0.25) is 4.79 Å². The van der Waals surface area contributed by atoms with E-state index in [4.69, 9.17) is 9.72 Å². The van der Waals surface area contributed by atoms with Gasteiger partial charge in [0, 0.05) is 17.3 Å². The van der Waals surface area contributed by atoms with Gasteiger partial charge < -0.3 is 15.0 Å². The average Bonchev–Trinajstić information content (AvgIpc) is 3.15. The van der Waals surface area contributed by atoms with Crippen LogP contribution < -0.4 is 10.1 Å². The highest BCUT2D eigenvalue weighted by atomic mass is 16.5. The zero-order valence-corrected chi connectivity index (χ0v) is 18.8. The molecular weight excluding hydrogens is 398 g/mol. The first-order chi connectivity index (χ1) is 15.4. The summed E-state index contributed by atoms with van der Waals surface area (Å²) < 4.78 is 5.69. The molecule has 3 aromatic carbocycles. The van der Waals surface area contributed by atoms with Gasteiger partial charge >= 0.3 is 0 Å². The summed E-state index contributed by atoms with van der Waals surface area (Å²) in [5.41, 5.74) is 7.03. The molecule has 0 fully saturated rings. The third-order valence-electron chi connectivity index (χ3n) is 5.18. The van der Waals surface area contributed by atoms with Crippen LogP contribution in [0.4, 0.5) is 5.69 Å². The van der Waals surface area contributed by atoms with Crippen molar-refractivity contribution in [2.24, 2.45) is 0 Å². The van der Waals surface area contributed by atoms with E-state index in [1.807, 2.05) is 62.4 Å². The van der Waals surface area contributed by atoms with E-state index in [9.17, 15) is 4.79 Å². The third kappa shape index (κ3) is 5.06. The number of rotatable bonds is 6. The van der Waals surface area contributed by atoms with Gasteiger partial charge in [-0.2, -0.15) is 0 Å². The number of hydrogen-bond acceptors (Lipinski definition) is 3. The van der Waals surface area contributed by atoms with Gasteiger partial charge in [-0.05, 0) is 99.0 Å². The lowest BCUT2D eigenvalue weighted by Crippen LogP contribution is -2.07. The maximum absolute atomic E-state index is 12.3.